The second kappa shape index (κ2) is 6.26. The fourth-order valence-corrected chi connectivity index (χ4v) is 1.27. The van der Waals surface area contributed by atoms with Gasteiger partial charge in [0, 0.05) is 13.6 Å². The first-order valence-corrected chi connectivity index (χ1v) is 5.31. The molecule has 0 unspecified atom stereocenters. The molecule has 8 heteroatoms. The topological polar surface area (TPSA) is 51.7 Å². The maximum Gasteiger partial charge on any atom is 0.573 e. The van der Waals surface area contributed by atoms with Crippen LogP contribution in [0.1, 0.15) is 6.42 Å². The lowest BCUT2D eigenvalue weighted by Gasteiger charge is -2.17. The van der Waals surface area contributed by atoms with E-state index < -0.39 is 12.1 Å². The van der Waals surface area contributed by atoms with Crippen molar-refractivity contribution in [2.45, 2.75) is 12.8 Å². The molecule has 0 aliphatic rings. The minimum atomic E-state index is -4.74. The molecule has 19 heavy (non-hydrogen) atoms. The fraction of sp³-hybridized carbons (Fsp3) is 0.455. The Hall–Kier alpha value is -1.99. The largest absolute Gasteiger partial charge is 0.573 e. The van der Waals surface area contributed by atoms with E-state index in [2.05, 4.69) is 14.5 Å². The molecule has 1 heterocycles. The van der Waals surface area contributed by atoms with Crippen molar-refractivity contribution in [1.29, 1.82) is 0 Å². The predicted octanol–water partition coefficient (Wildman–Crippen LogP) is 1.98. The Morgan fingerprint density at radius 3 is 2.58 bits per heavy atom. The lowest BCUT2D eigenvalue weighted by Crippen LogP contribution is -2.22. The number of rotatable bonds is 5. The van der Waals surface area contributed by atoms with Gasteiger partial charge in [0.2, 0.25) is 0 Å². The molecule has 0 saturated heterocycles. The van der Waals surface area contributed by atoms with Crippen LogP contribution >= 0.6 is 0 Å². The third-order valence-corrected chi connectivity index (χ3v) is 2.22. The second-order valence-electron chi connectivity index (χ2n) is 3.65. The van der Waals surface area contributed by atoms with E-state index in [-0.39, 0.29) is 12.4 Å². The number of hydrogen-bond donors (Lipinski definition) is 0. The first-order chi connectivity index (χ1) is 8.81. The number of carbonyl (C=O) groups is 1. The molecule has 0 radical (unpaired) electrons. The number of methoxy groups -OCH3 is 1. The van der Waals surface area contributed by atoms with Crippen LogP contribution in [0.2, 0.25) is 0 Å². The van der Waals surface area contributed by atoms with E-state index in [1.54, 1.807) is 11.9 Å². The molecular weight excluding hydrogens is 265 g/mol. The number of anilines is 1. The summed E-state index contributed by atoms with van der Waals surface area (Å²) in [6.07, 6.45) is -3.60. The smallest absolute Gasteiger partial charge is 0.469 e. The Morgan fingerprint density at radius 2 is 2.11 bits per heavy atom. The molecule has 0 spiro atoms. The van der Waals surface area contributed by atoms with Gasteiger partial charge in [-0.05, 0) is 12.1 Å². The maximum absolute atomic E-state index is 11.9. The zero-order valence-electron chi connectivity index (χ0n) is 10.4. The molecule has 0 aliphatic carbocycles. The van der Waals surface area contributed by atoms with E-state index in [0.717, 1.165) is 12.3 Å². The zero-order chi connectivity index (χ0) is 14.5. The van der Waals surface area contributed by atoms with Crippen molar-refractivity contribution in [1.82, 2.24) is 4.98 Å². The van der Waals surface area contributed by atoms with Gasteiger partial charge in [-0.1, -0.05) is 0 Å². The van der Waals surface area contributed by atoms with Crippen LogP contribution in [0.5, 0.6) is 5.75 Å². The number of carbonyl (C=O) groups excluding carboxylic acids is 1. The van der Waals surface area contributed by atoms with Crippen molar-refractivity contribution < 1.29 is 27.4 Å². The SMILES string of the molecule is COC(=O)CCN(C)c1ccc(OC(F)(F)F)cn1. The van der Waals surface area contributed by atoms with Crippen LogP contribution in [-0.4, -0.2) is 38.0 Å². The standard InChI is InChI=1S/C11H13F3N2O3/c1-16(6-5-10(17)18-2)9-4-3-8(7-15-9)19-11(12,13)14/h3-4,7H,5-6H2,1-2H3. The summed E-state index contributed by atoms with van der Waals surface area (Å²) in [5.41, 5.74) is 0. The number of aromatic nitrogens is 1. The average molecular weight is 278 g/mol. The van der Waals surface area contributed by atoms with Crippen molar-refractivity contribution in [3.8, 4) is 5.75 Å². The summed E-state index contributed by atoms with van der Waals surface area (Å²) in [7, 11) is 2.94. The molecule has 0 fully saturated rings. The van der Waals surface area contributed by atoms with Crippen LogP contribution in [0.4, 0.5) is 19.0 Å². The number of alkyl halides is 3. The number of hydrogen-bond acceptors (Lipinski definition) is 5. The van der Waals surface area contributed by atoms with E-state index in [0.29, 0.717) is 12.4 Å². The molecular formula is C11H13F3N2O3. The highest BCUT2D eigenvalue weighted by atomic mass is 19.4. The van der Waals surface area contributed by atoms with Gasteiger partial charge in [0.15, 0.2) is 0 Å². The first kappa shape index (κ1) is 15.1. The van der Waals surface area contributed by atoms with Crippen molar-refractivity contribution >= 4 is 11.8 Å². The van der Waals surface area contributed by atoms with Crippen LogP contribution in [0.25, 0.3) is 0 Å². The van der Waals surface area contributed by atoms with Gasteiger partial charge in [0.05, 0.1) is 19.7 Å². The molecule has 0 N–H and O–H groups in total. The molecule has 1 rings (SSSR count). The Morgan fingerprint density at radius 1 is 1.42 bits per heavy atom. The van der Waals surface area contributed by atoms with Crippen molar-refractivity contribution in [2.75, 3.05) is 25.6 Å². The molecule has 1 aromatic rings. The summed E-state index contributed by atoms with van der Waals surface area (Å²) in [6.45, 7) is 0.346. The Bertz CT molecular complexity index is 420. The van der Waals surface area contributed by atoms with Crippen molar-refractivity contribution in [2.24, 2.45) is 0 Å². The molecule has 1 aromatic heterocycles. The monoisotopic (exact) mass is 278 g/mol. The van der Waals surface area contributed by atoms with E-state index >= 15 is 0 Å². The summed E-state index contributed by atoms with van der Waals surface area (Å²) >= 11 is 0. The third-order valence-electron chi connectivity index (χ3n) is 2.22. The number of nitrogens with zero attached hydrogens (tertiary/aromatic N) is 2. The average Bonchev–Trinajstić information content (AvgIpc) is 2.34. The Kier molecular flexibility index (Phi) is 4.96. The molecule has 5 nitrogen and oxygen atoms in total. The van der Waals surface area contributed by atoms with E-state index in [1.165, 1.54) is 13.2 Å². The lowest BCUT2D eigenvalue weighted by molar-refractivity contribution is -0.274. The van der Waals surface area contributed by atoms with Crippen LogP contribution in [-0.2, 0) is 9.53 Å². The molecule has 0 aromatic carbocycles. The predicted molar refractivity (Wildman–Crippen MR) is 60.8 cm³/mol. The summed E-state index contributed by atoms with van der Waals surface area (Å²) in [5.74, 6) is -0.333. The Labute approximate surface area is 107 Å². The van der Waals surface area contributed by atoms with Gasteiger partial charge in [0.1, 0.15) is 11.6 Å². The van der Waals surface area contributed by atoms with Crippen LogP contribution in [0, 0.1) is 0 Å². The normalized spacial score (nSPS) is 11.0. The number of pyridine rings is 1. The van der Waals surface area contributed by atoms with Crippen LogP contribution in [0.15, 0.2) is 18.3 Å². The highest BCUT2D eigenvalue weighted by Crippen LogP contribution is 2.23. The summed E-state index contributed by atoms with van der Waals surface area (Å²) in [6, 6.07) is 2.53. The van der Waals surface area contributed by atoms with Gasteiger partial charge in [-0.3, -0.25) is 4.79 Å². The number of halogens is 3. The molecule has 0 aliphatic heterocycles. The quantitative estimate of drug-likeness (QED) is 0.771. The van der Waals surface area contributed by atoms with Gasteiger partial charge in [-0.2, -0.15) is 0 Å². The van der Waals surface area contributed by atoms with Crippen molar-refractivity contribution in [3.63, 3.8) is 0 Å². The summed E-state index contributed by atoms with van der Waals surface area (Å²) in [5, 5.41) is 0. The van der Waals surface area contributed by atoms with E-state index in [9.17, 15) is 18.0 Å². The van der Waals surface area contributed by atoms with Gasteiger partial charge < -0.3 is 14.4 Å². The third kappa shape index (κ3) is 5.45. The van der Waals surface area contributed by atoms with Crippen LogP contribution in [0.3, 0.4) is 0 Å². The van der Waals surface area contributed by atoms with E-state index in [4.69, 9.17) is 0 Å². The van der Waals surface area contributed by atoms with E-state index in [1.807, 2.05) is 0 Å². The molecule has 0 saturated carbocycles. The lowest BCUT2D eigenvalue weighted by atomic mass is 10.3. The minimum Gasteiger partial charge on any atom is -0.469 e. The number of esters is 1. The molecule has 106 valence electrons. The van der Waals surface area contributed by atoms with Gasteiger partial charge in [-0.25, -0.2) is 4.98 Å². The molecule has 0 bridgehead atoms. The number of ether oxygens (including phenoxy) is 2. The fourth-order valence-electron chi connectivity index (χ4n) is 1.27. The highest BCUT2D eigenvalue weighted by molar-refractivity contribution is 5.69. The van der Waals surface area contributed by atoms with Gasteiger partial charge in [0.25, 0.3) is 0 Å². The highest BCUT2D eigenvalue weighted by Gasteiger charge is 2.31. The summed E-state index contributed by atoms with van der Waals surface area (Å²) in [4.78, 5) is 16.4. The maximum atomic E-state index is 11.9. The molecule has 0 atom stereocenters. The second-order valence-corrected chi connectivity index (χ2v) is 3.65. The molecule has 0 amide bonds. The van der Waals surface area contributed by atoms with Gasteiger partial charge in [-0.15, -0.1) is 13.2 Å². The first-order valence-electron chi connectivity index (χ1n) is 5.31. The van der Waals surface area contributed by atoms with Crippen LogP contribution < -0.4 is 9.64 Å². The van der Waals surface area contributed by atoms with Gasteiger partial charge >= 0.3 is 12.3 Å². The summed E-state index contributed by atoms with van der Waals surface area (Å²) < 4.78 is 44.0. The zero-order valence-corrected chi connectivity index (χ0v) is 10.4. The van der Waals surface area contributed by atoms with Crippen molar-refractivity contribution in [3.05, 3.63) is 18.3 Å². The minimum absolute atomic E-state index is 0.162. The Balaban J connectivity index is 2.58.